The van der Waals surface area contributed by atoms with E-state index in [-0.39, 0.29) is 12.1 Å². The van der Waals surface area contributed by atoms with Gasteiger partial charge in [0.15, 0.2) is 6.10 Å². The van der Waals surface area contributed by atoms with E-state index < -0.39 is 18.0 Å². The maximum Gasteiger partial charge on any atom is 0.326 e. The van der Waals surface area contributed by atoms with Crippen LogP contribution >= 0.6 is 0 Å². The molecule has 0 radical (unpaired) electrons. The summed E-state index contributed by atoms with van der Waals surface area (Å²) in [5.74, 6) is -1.16. The van der Waals surface area contributed by atoms with Gasteiger partial charge in [-0.25, -0.2) is 4.98 Å². The molecule has 0 bridgehead atoms. The highest BCUT2D eigenvalue weighted by atomic mass is 16.5. The highest BCUT2D eigenvalue weighted by molar-refractivity contribution is 5.95. The Morgan fingerprint density at radius 2 is 1.83 bits per heavy atom. The monoisotopic (exact) mass is 394 g/mol. The number of amides is 1. The first-order valence-electron chi connectivity index (χ1n) is 9.07. The van der Waals surface area contributed by atoms with Crippen molar-refractivity contribution in [3.63, 3.8) is 0 Å². The van der Waals surface area contributed by atoms with E-state index in [4.69, 9.17) is 4.74 Å². The molecule has 1 atom stereocenters. The summed E-state index contributed by atoms with van der Waals surface area (Å²) < 4.78 is 6.33. The molecule has 8 nitrogen and oxygen atoms in total. The number of carbonyl (C=O) groups is 2. The minimum atomic E-state index is -1.01. The molecule has 1 heterocycles. The van der Waals surface area contributed by atoms with Crippen LogP contribution in [0.1, 0.15) is 6.92 Å². The maximum atomic E-state index is 12.4. The van der Waals surface area contributed by atoms with Gasteiger partial charge >= 0.3 is 5.97 Å². The summed E-state index contributed by atoms with van der Waals surface area (Å²) in [6.45, 7) is 1.15. The van der Waals surface area contributed by atoms with Crippen molar-refractivity contribution in [3.05, 3.63) is 65.2 Å². The number of nitrogens with zero attached hydrogens (tertiary/aromatic N) is 3. The Kier molecular flexibility index (Phi) is 5.92. The fourth-order valence-electron chi connectivity index (χ4n) is 2.73. The summed E-state index contributed by atoms with van der Waals surface area (Å²) in [5, 5.41) is 3.11. The Labute approximate surface area is 167 Å². The topological polar surface area (TPSA) is 93.5 Å². The highest BCUT2D eigenvalue weighted by Gasteiger charge is 2.19. The first-order chi connectivity index (χ1) is 13.8. The van der Waals surface area contributed by atoms with Crippen LogP contribution in [0.4, 0.5) is 11.4 Å². The predicted molar refractivity (Wildman–Crippen MR) is 111 cm³/mol. The van der Waals surface area contributed by atoms with Crippen LogP contribution in [-0.2, 0) is 20.9 Å². The van der Waals surface area contributed by atoms with Gasteiger partial charge in [-0.3, -0.25) is 19.0 Å². The molecule has 0 aliphatic rings. The van der Waals surface area contributed by atoms with Crippen LogP contribution in [0, 0.1) is 0 Å². The molecule has 8 heteroatoms. The molecule has 0 aliphatic carbocycles. The lowest BCUT2D eigenvalue weighted by Gasteiger charge is -2.15. The average Bonchev–Trinajstić information content (AvgIpc) is 2.70. The van der Waals surface area contributed by atoms with E-state index in [2.05, 4.69) is 10.3 Å². The zero-order chi connectivity index (χ0) is 21.0. The van der Waals surface area contributed by atoms with Crippen molar-refractivity contribution in [2.75, 3.05) is 24.3 Å². The van der Waals surface area contributed by atoms with E-state index in [0.717, 1.165) is 10.3 Å². The van der Waals surface area contributed by atoms with Crippen molar-refractivity contribution in [2.45, 2.75) is 19.6 Å². The number of ether oxygens (including phenoxy) is 1. The Morgan fingerprint density at radius 3 is 2.52 bits per heavy atom. The van der Waals surface area contributed by atoms with Crippen LogP contribution in [0.25, 0.3) is 10.9 Å². The standard InChI is InChI=1S/C21H22N4O4/c1-14(20(27)23-15-8-10-16(11-9-15)24(2)3)29-19(26)12-25-13-22-18-7-5-4-6-17(18)21(25)28/h4-11,13-14H,12H2,1-3H3,(H,23,27). The smallest absolute Gasteiger partial charge is 0.326 e. The van der Waals surface area contributed by atoms with Crippen molar-refractivity contribution in [3.8, 4) is 0 Å². The molecule has 0 saturated heterocycles. The van der Waals surface area contributed by atoms with Gasteiger partial charge in [0.1, 0.15) is 6.54 Å². The van der Waals surface area contributed by atoms with Gasteiger partial charge in [0.25, 0.3) is 11.5 Å². The first kappa shape index (κ1) is 20.1. The van der Waals surface area contributed by atoms with Crippen LogP contribution in [0.15, 0.2) is 59.7 Å². The van der Waals surface area contributed by atoms with Crippen LogP contribution in [0.2, 0.25) is 0 Å². The van der Waals surface area contributed by atoms with Gasteiger partial charge in [-0.2, -0.15) is 0 Å². The lowest BCUT2D eigenvalue weighted by Crippen LogP contribution is -2.33. The lowest BCUT2D eigenvalue weighted by molar-refractivity contribution is -0.153. The van der Waals surface area contributed by atoms with E-state index in [1.165, 1.54) is 13.3 Å². The third-order valence-electron chi connectivity index (χ3n) is 4.36. The van der Waals surface area contributed by atoms with Crippen LogP contribution in [-0.4, -0.2) is 41.6 Å². The Morgan fingerprint density at radius 1 is 1.14 bits per heavy atom. The molecule has 3 aromatic rings. The summed E-state index contributed by atoms with van der Waals surface area (Å²) in [6.07, 6.45) is 0.281. The van der Waals surface area contributed by atoms with E-state index in [1.54, 1.807) is 36.4 Å². The molecule has 150 valence electrons. The molecule has 0 saturated carbocycles. The Balaban J connectivity index is 1.60. The quantitative estimate of drug-likeness (QED) is 0.643. The molecule has 1 unspecified atom stereocenters. The Hall–Kier alpha value is -3.68. The first-order valence-corrected chi connectivity index (χ1v) is 9.07. The van der Waals surface area contributed by atoms with E-state index in [9.17, 15) is 14.4 Å². The third-order valence-corrected chi connectivity index (χ3v) is 4.36. The zero-order valence-electron chi connectivity index (χ0n) is 16.5. The molecule has 1 N–H and O–H groups in total. The molecule has 1 aromatic heterocycles. The summed E-state index contributed by atoms with van der Waals surface area (Å²) in [5.41, 5.74) is 1.80. The number of para-hydroxylation sites is 1. The normalized spacial score (nSPS) is 11.7. The van der Waals surface area contributed by atoms with Crippen LogP contribution in [0.3, 0.4) is 0 Å². The number of fused-ring (bicyclic) bond motifs is 1. The van der Waals surface area contributed by atoms with E-state index >= 15 is 0 Å². The van der Waals surface area contributed by atoms with E-state index in [0.29, 0.717) is 16.6 Å². The van der Waals surface area contributed by atoms with Crippen molar-refractivity contribution >= 4 is 34.2 Å². The fraction of sp³-hybridized carbons (Fsp3) is 0.238. The molecular formula is C21H22N4O4. The second-order valence-corrected chi connectivity index (χ2v) is 6.76. The van der Waals surface area contributed by atoms with Gasteiger partial charge in [-0.05, 0) is 43.3 Å². The molecule has 0 fully saturated rings. The zero-order valence-corrected chi connectivity index (χ0v) is 16.5. The minimum absolute atomic E-state index is 0.328. The molecule has 29 heavy (non-hydrogen) atoms. The van der Waals surface area contributed by atoms with Crippen molar-refractivity contribution in [1.82, 2.24) is 9.55 Å². The van der Waals surface area contributed by atoms with Crippen molar-refractivity contribution in [1.29, 1.82) is 0 Å². The van der Waals surface area contributed by atoms with Gasteiger partial charge in [0.2, 0.25) is 0 Å². The fourth-order valence-corrected chi connectivity index (χ4v) is 2.73. The summed E-state index contributed by atoms with van der Waals surface area (Å²) in [4.78, 5) is 43.0. The van der Waals surface area contributed by atoms with Gasteiger partial charge in [-0.15, -0.1) is 0 Å². The molecule has 0 spiro atoms. The number of aromatic nitrogens is 2. The SMILES string of the molecule is CC(OC(=O)Cn1cnc2ccccc2c1=O)C(=O)Nc1ccc(N(C)C)cc1. The van der Waals surface area contributed by atoms with Crippen molar-refractivity contribution < 1.29 is 14.3 Å². The summed E-state index contributed by atoms with van der Waals surface area (Å²) >= 11 is 0. The van der Waals surface area contributed by atoms with E-state index in [1.807, 2.05) is 31.1 Å². The molecule has 0 aliphatic heterocycles. The lowest BCUT2D eigenvalue weighted by atomic mass is 10.2. The van der Waals surface area contributed by atoms with Gasteiger partial charge < -0.3 is 15.0 Å². The van der Waals surface area contributed by atoms with Crippen LogP contribution in [0.5, 0.6) is 0 Å². The molecule has 2 aromatic carbocycles. The minimum Gasteiger partial charge on any atom is -0.451 e. The average molecular weight is 394 g/mol. The second-order valence-electron chi connectivity index (χ2n) is 6.76. The number of carbonyl (C=O) groups excluding carboxylic acids is 2. The summed E-state index contributed by atoms with van der Waals surface area (Å²) in [7, 11) is 3.84. The molecular weight excluding hydrogens is 372 g/mol. The molecule has 3 rings (SSSR count). The highest BCUT2D eigenvalue weighted by Crippen LogP contribution is 2.16. The predicted octanol–water partition coefficient (Wildman–Crippen LogP) is 2.03. The largest absolute Gasteiger partial charge is 0.451 e. The maximum absolute atomic E-state index is 12.4. The number of rotatable bonds is 6. The number of nitrogens with one attached hydrogen (secondary N) is 1. The number of esters is 1. The number of benzene rings is 2. The van der Waals surface area contributed by atoms with Gasteiger partial charge in [-0.1, -0.05) is 12.1 Å². The van der Waals surface area contributed by atoms with Crippen LogP contribution < -0.4 is 15.8 Å². The third kappa shape index (κ3) is 4.78. The second kappa shape index (κ2) is 8.55. The van der Waals surface area contributed by atoms with Gasteiger partial charge in [0.05, 0.1) is 17.2 Å². The molecule has 1 amide bonds. The summed E-state index contributed by atoms with van der Waals surface area (Å²) in [6, 6.07) is 14.1. The number of anilines is 2. The van der Waals surface area contributed by atoms with Gasteiger partial charge in [0, 0.05) is 25.5 Å². The van der Waals surface area contributed by atoms with Crippen molar-refractivity contribution in [2.24, 2.45) is 0 Å². The number of hydrogen-bond donors (Lipinski definition) is 1. The number of hydrogen-bond acceptors (Lipinski definition) is 6. The Bertz CT molecular complexity index is 1090.